The second kappa shape index (κ2) is 8.41. The van der Waals surface area contributed by atoms with Gasteiger partial charge in [0.2, 0.25) is 0 Å². The van der Waals surface area contributed by atoms with Crippen LogP contribution in [0.5, 0.6) is 0 Å². The summed E-state index contributed by atoms with van der Waals surface area (Å²) >= 11 is 0. The van der Waals surface area contributed by atoms with E-state index in [4.69, 9.17) is 9.84 Å². The molecular formula is C12H18O6. The Morgan fingerprint density at radius 3 is 2.50 bits per heavy atom. The van der Waals surface area contributed by atoms with E-state index in [-0.39, 0.29) is 6.42 Å². The van der Waals surface area contributed by atoms with Crippen LogP contribution in [0.25, 0.3) is 0 Å². The summed E-state index contributed by atoms with van der Waals surface area (Å²) in [5, 5.41) is 17.7. The predicted octanol–water partition coefficient (Wildman–Crippen LogP) is 0.537. The molecule has 102 valence electrons. The number of carbonyl (C=O) groups excluding carboxylic acids is 2. The molecule has 0 aromatic carbocycles. The molecule has 0 heterocycles. The number of ether oxygens (including phenoxy) is 1. The van der Waals surface area contributed by atoms with Crippen LogP contribution >= 0.6 is 0 Å². The number of carbonyl (C=O) groups is 3. The van der Waals surface area contributed by atoms with Gasteiger partial charge in [-0.05, 0) is 18.9 Å². The van der Waals surface area contributed by atoms with Crippen molar-refractivity contribution in [1.29, 1.82) is 0 Å². The smallest absolute Gasteiger partial charge is 0.308 e. The molecule has 0 aromatic heterocycles. The Hall–Kier alpha value is -1.69. The Bertz CT molecular complexity index is 323. The summed E-state index contributed by atoms with van der Waals surface area (Å²) in [6, 6.07) is 0. The highest BCUT2D eigenvalue weighted by Gasteiger charge is 2.18. The average molecular weight is 258 g/mol. The maximum Gasteiger partial charge on any atom is 0.308 e. The van der Waals surface area contributed by atoms with E-state index < -0.39 is 36.4 Å². The van der Waals surface area contributed by atoms with Crippen LogP contribution in [-0.2, 0) is 19.1 Å². The van der Waals surface area contributed by atoms with Crippen LogP contribution in [0.4, 0.5) is 0 Å². The van der Waals surface area contributed by atoms with E-state index >= 15 is 0 Å². The molecule has 0 aromatic rings. The van der Waals surface area contributed by atoms with Crippen molar-refractivity contribution < 1.29 is 29.3 Å². The van der Waals surface area contributed by atoms with Gasteiger partial charge in [0.15, 0.2) is 11.9 Å². The first-order valence-corrected chi connectivity index (χ1v) is 5.61. The fraction of sp³-hybridized carbons (Fsp3) is 0.583. The third-order valence-electron chi connectivity index (χ3n) is 2.34. The normalized spacial score (nSPS) is 13.4. The molecule has 6 nitrogen and oxygen atoms in total. The molecule has 0 fully saturated rings. The van der Waals surface area contributed by atoms with Crippen LogP contribution in [0.2, 0.25) is 0 Å². The van der Waals surface area contributed by atoms with Crippen molar-refractivity contribution >= 4 is 17.7 Å². The second-order valence-corrected chi connectivity index (χ2v) is 3.94. The number of ketones is 1. The van der Waals surface area contributed by atoms with E-state index in [1.54, 1.807) is 6.92 Å². The lowest BCUT2D eigenvalue weighted by Crippen LogP contribution is -2.27. The monoisotopic (exact) mass is 258 g/mol. The van der Waals surface area contributed by atoms with Crippen molar-refractivity contribution in [2.24, 2.45) is 5.92 Å². The fourth-order valence-electron chi connectivity index (χ4n) is 1.20. The summed E-state index contributed by atoms with van der Waals surface area (Å²) < 4.78 is 4.74. The molecule has 0 amide bonds. The van der Waals surface area contributed by atoms with Gasteiger partial charge in [-0.25, -0.2) is 0 Å². The van der Waals surface area contributed by atoms with Crippen molar-refractivity contribution in [1.82, 2.24) is 0 Å². The Labute approximate surface area is 105 Å². The number of aliphatic hydroxyl groups is 1. The van der Waals surface area contributed by atoms with E-state index in [1.165, 1.54) is 0 Å². The van der Waals surface area contributed by atoms with E-state index in [1.807, 2.05) is 0 Å². The van der Waals surface area contributed by atoms with E-state index in [9.17, 15) is 19.5 Å². The number of hydrogen-bond donors (Lipinski definition) is 2. The first-order valence-electron chi connectivity index (χ1n) is 5.61. The fourth-order valence-corrected chi connectivity index (χ4v) is 1.20. The van der Waals surface area contributed by atoms with Crippen LogP contribution in [0.3, 0.4) is 0 Å². The van der Waals surface area contributed by atoms with Crippen LogP contribution in [0.1, 0.15) is 26.2 Å². The minimum absolute atomic E-state index is 0.00477. The molecule has 0 saturated heterocycles. The number of aliphatic hydroxyl groups excluding tert-OH is 1. The second-order valence-electron chi connectivity index (χ2n) is 3.94. The molecule has 0 aliphatic carbocycles. The van der Waals surface area contributed by atoms with Gasteiger partial charge >= 0.3 is 11.9 Å². The SMILES string of the molecule is C=CC(=O)C(O)COC(=O)C(C)CCCC(=O)O. The Morgan fingerprint density at radius 1 is 1.39 bits per heavy atom. The molecule has 0 rings (SSSR count). The molecule has 0 spiro atoms. The number of carboxylic acids is 1. The lowest BCUT2D eigenvalue weighted by molar-refractivity contribution is -0.152. The van der Waals surface area contributed by atoms with Gasteiger partial charge in [0.1, 0.15) is 6.61 Å². The predicted molar refractivity (Wildman–Crippen MR) is 62.8 cm³/mol. The maximum absolute atomic E-state index is 11.4. The first kappa shape index (κ1) is 16.3. The van der Waals surface area contributed by atoms with Crippen molar-refractivity contribution in [3.63, 3.8) is 0 Å². The van der Waals surface area contributed by atoms with Crippen molar-refractivity contribution in [3.8, 4) is 0 Å². The van der Waals surface area contributed by atoms with Crippen molar-refractivity contribution in [3.05, 3.63) is 12.7 Å². The van der Waals surface area contributed by atoms with Gasteiger partial charge in [-0.2, -0.15) is 0 Å². The van der Waals surface area contributed by atoms with Gasteiger partial charge in [0.25, 0.3) is 0 Å². The van der Waals surface area contributed by atoms with Crippen LogP contribution in [0.15, 0.2) is 12.7 Å². The zero-order chi connectivity index (χ0) is 14.1. The van der Waals surface area contributed by atoms with E-state index in [0.717, 1.165) is 6.08 Å². The number of aliphatic carboxylic acids is 1. The highest BCUT2D eigenvalue weighted by atomic mass is 16.5. The zero-order valence-corrected chi connectivity index (χ0v) is 10.3. The lowest BCUT2D eigenvalue weighted by atomic mass is 10.0. The van der Waals surface area contributed by atoms with Crippen molar-refractivity contribution in [2.45, 2.75) is 32.3 Å². The van der Waals surface area contributed by atoms with Gasteiger partial charge in [0.05, 0.1) is 5.92 Å². The number of hydrogen-bond acceptors (Lipinski definition) is 5. The largest absolute Gasteiger partial charge is 0.481 e. The lowest BCUT2D eigenvalue weighted by Gasteiger charge is -2.12. The molecule has 0 bridgehead atoms. The maximum atomic E-state index is 11.4. The number of carboxylic acid groups (broad SMARTS) is 1. The van der Waals surface area contributed by atoms with Gasteiger partial charge in [-0.3, -0.25) is 14.4 Å². The highest BCUT2D eigenvalue weighted by Crippen LogP contribution is 2.10. The Balaban J connectivity index is 3.90. The molecule has 6 heteroatoms. The number of rotatable bonds is 9. The summed E-state index contributed by atoms with van der Waals surface area (Å²) in [6.45, 7) is 4.39. The van der Waals surface area contributed by atoms with E-state index in [0.29, 0.717) is 12.8 Å². The van der Waals surface area contributed by atoms with Crippen LogP contribution in [0, 0.1) is 5.92 Å². The molecule has 0 aliphatic heterocycles. The minimum Gasteiger partial charge on any atom is -0.481 e. The summed E-state index contributed by atoms with van der Waals surface area (Å²) in [7, 11) is 0. The molecule has 2 N–H and O–H groups in total. The molecule has 0 radical (unpaired) electrons. The molecule has 0 saturated carbocycles. The van der Waals surface area contributed by atoms with Gasteiger partial charge in [0, 0.05) is 6.42 Å². The minimum atomic E-state index is -1.39. The third-order valence-corrected chi connectivity index (χ3v) is 2.34. The van der Waals surface area contributed by atoms with Crippen LogP contribution in [-0.4, -0.2) is 40.6 Å². The van der Waals surface area contributed by atoms with E-state index in [2.05, 4.69) is 6.58 Å². The zero-order valence-electron chi connectivity index (χ0n) is 10.3. The van der Waals surface area contributed by atoms with Gasteiger partial charge < -0.3 is 14.9 Å². The summed E-state index contributed by atoms with van der Waals surface area (Å²) in [6.07, 6.45) is 0.318. The summed E-state index contributed by atoms with van der Waals surface area (Å²) in [5.74, 6) is -2.55. The third kappa shape index (κ3) is 6.80. The molecule has 2 unspecified atom stereocenters. The molecule has 18 heavy (non-hydrogen) atoms. The standard InChI is InChI=1S/C12H18O6/c1-3-9(13)10(14)7-18-12(17)8(2)5-4-6-11(15)16/h3,8,10,14H,1,4-7H2,2H3,(H,15,16). The highest BCUT2D eigenvalue weighted by molar-refractivity contribution is 5.93. The summed E-state index contributed by atoms with van der Waals surface area (Å²) in [5.41, 5.74) is 0. The molecule has 2 atom stereocenters. The average Bonchev–Trinajstić information content (AvgIpc) is 2.33. The molecule has 0 aliphatic rings. The van der Waals surface area contributed by atoms with Crippen molar-refractivity contribution in [2.75, 3.05) is 6.61 Å². The topological polar surface area (TPSA) is 101 Å². The molecular weight excluding hydrogens is 240 g/mol. The Morgan fingerprint density at radius 2 is 2.00 bits per heavy atom. The summed E-state index contributed by atoms with van der Waals surface area (Å²) in [4.78, 5) is 32.6. The first-order chi connectivity index (χ1) is 8.38. The quantitative estimate of drug-likeness (QED) is 0.462. The van der Waals surface area contributed by atoms with Gasteiger partial charge in [-0.1, -0.05) is 13.5 Å². The Kier molecular flexibility index (Phi) is 7.62. The van der Waals surface area contributed by atoms with Gasteiger partial charge in [-0.15, -0.1) is 0 Å². The number of esters is 1. The van der Waals surface area contributed by atoms with Crippen LogP contribution < -0.4 is 0 Å².